The maximum Gasteiger partial charge on any atom is 0.261 e. The molecular weight excluding hydrogens is 350 g/mol. The van der Waals surface area contributed by atoms with Gasteiger partial charge in [0.15, 0.2) is 5.79 Å². The Morgan fingerprint density at radius 2 is 1.54 bits per heavy atom. The van der Waals surface area contributed by atoms with Gasteiger partial charge in [0.25, 0.3) is 11.8 Å². The standard InChI is InChI=1S/C15H17NO2S.C3H8O2.C2H6/c1-19-9-10-6-7-11(8-10)16-14(17)12-4-2-3-5-13(12)15(16)18;1-3(2,4)5;1-2/h2-5,10-11H,6-9H2,1H3;4-5H,1-2H3;1-2H3. The fraction of sp³-hybridized carbons (Fsp3) is 0.600. The fourth-order valence-electron chi connectivity index (χ4n) is 3.21. The Balaban J connectivity index is 0.000000420. The molecule has 1 fully saturated rings. The molecule has 1 aromatic carbocycles. The van der Waals surface area contributed by atoms with Crippen LogP contribution >= 0.6 is 11.8 Å². The number of benzene rings is 1. The molecule has 6 heteroatoms. The van der Waals surface area contributed by atoms with Gasteiger partial charge in [0.05, 0.1) is 11.1 Å². The molecule has 1 aromatic rings. The Morgan fingerprint density at radius 3 is 1.96 bits per heavy atom. The van der Waals surface area contributed by atoms with Crippen LogP contribution in [0.3, 0.4) is 0 Å². The van der Waals surface area contributed by atoms with E-state index in [0.717, 1.165) is 25.0 Å². The quantitative estimate of drug-likeness (QED) is 0.618. The molecule has 0 radical (unpaired) electrons. The highest BCUT2D eigenvalue weighted by Gasteiger charge is 2.42. The molecule has 0 aromatic heterocycles. The van der Waals surface area contributed by atoms with Gasteiger partial charge < -0.3 is 10.2 Å². The fourth-order valence-corrected chi connectivity index (χ4v) is 3.98. The minimum atomic E-state index is -1.50. The molecule has 26 heavy (non-hydrogen) atoms. The highest BCUT2D eigenvalue weighted by atomic mass is 32.2. The second-order valence-electron chi connectivity index (χ2n) is 6.81. The third-order valence-electron chi connectivity index (χ3n) is 4.11. The first-order valence-corrected chi connectivity index (χ1v) is 10.5. The molecule has 0 bridgehead atoms. The predicted octanol–water partition coefficient (Wildman–Crippen LogP) is 3.55. The van der Waals surface area contributed by atoms with Crippen LogP contribution in [0.25, 0.3) is 0 Å². The highest BCUT2D eigenvalue weighted by Crippen LogP contribution is 2.35. The summed E-state index contributed by atoms with van der Waals surface area (Å²) in [5.41, 5.74) is 1.14. The Labute approximate surface area is 160 Å². The van der Waals surface area contributed by atoms with Crippen molar-refractivity contribution in [1.82, 2.24) is 4.90 Å². The molecule has 2 aliphatic rings. The second-order valence-corrected chi connectivity index (χ2v) is 7.72. The Bertz CT molecular complexity index is 571. The lowest BCUT2D eigenvalue weighted by molar-refractivity contribution is -0.127. The van der Waals surface area contributed by atoms with Gasteiger partial charge in [-0.1, -0.05) is 26.0 Å². The van der Waals surface area contributed by atoms with E-state index in [2.05, 4.69) is 6.26 Å². The lowest BCUT2D eigenvalue weighted by atomic mass is 10.1. The molecule has 1 saturated carbocycles. The first-order valence-electron chi connectivity index (χ1n) is 9.13. The molecular formula is C20H31NO4S. The molecule has 2 atom stereocenters. The zero-order valence-corrected chi connectivity index (χ0v) is 17.2. The van der Waals surface area contributed by atoms with Gasteiger partial charge in [0.1, 0.15) is 0 Å². The van der Waals surface area contributed by atoms with Crippen LogP contribution in [0, 0.1) is 5.92 Å². The lowest BCUT2D eigenvalue weighted by Crippen LogP contribution is -2.38. The Kier molecular flexibility index (Phi) is 8.80. The number of rotatable bonds is 3. The normalized spacial score (nSPS) is 21.6. The molecule has 3 rings (SSSR count). The summed E-state index contributed by atoms with van der Waals surface area (Å²) >= 11 is 1.84. The minimum absolute atomic E-state index is 0.101. The summed E-state index contributed by atoms with van der Waals surface area (Å²) < 4.78 is 0. The summed E-state index contributed by atoms with van der Waals surface area (Å²) in [6.45, 7) is 6.60. The number of amides is 2. The number of hydrogen-bond acceptors (Lipinski definition) is 5. The summed E-state index contributed by atoms with van der Waals surface area (Å²) in [7, 11) is 0. The van der Waals surface area contributed by atoms with Crippen LogP contribution in [0.2, 0.25) is 0 Å². The van der Waals surface area contributed by atoms with Gasteiger partial charge in [-0.15, -0.1) is 0 Å². The molecule has 2 amide bonds. The topological polar surface area (TPSA) is 77.8 Å². The van der Waals surface area contributed by atoms with Crippen molar-refractivity contribution >= 4 is 23.6 Å². The Morgan fingerprint density at radius 1 is 1.08 bits per heavy atom. The van der Waals surface area contributed by atoms with E-state index in [1.54, 1.807) is 12.1 Å². The van der Waals surface area contributed by atoms with E-state index >= 15 is 0 Å². The van der Waals surface area contributed by atoms with Crippen molar-refractivity contribution in [2.75, 3.05) is 12.0 Å². The van der Waals surface area contributed by atoms with Crippen molar-refractivity contribution in [1.29, 1.82) is 0 Å². The van der Waals surface area contributed by atoms with E-state index in [9.17, 15) is 9.59 Å². The summed E-state index contributed by atoms with van der Waals surface area (Å²) in [4.78, 5) is 26.2. The van der Waals surface area contributed by atoms with Gasteiger partial charge >= 0.3 is 0 Å². The molecule has 0 saturated heterocycles. The molecule has 1 aliphatic carbocycles. The third-order valence-corrected chi connectivity index (χ3v) is 4.91. The molecule has 2 unspecified atom stereocenters. The van der Waals surface area contributed by atoms with Gasteiger partial charge in [0.2, 0.25) is 0 Å². The highest BCUT2D eigenvalue weighted by molar-refractivity contribution is 7.98. The number of thioether (sulfide) groups is 1. The maximum absolute atomic E-state index is 12.4. The smallest absolute Gasteiger partial charge is 0.261 e. The lowest BCUT2D eigenvalue weighted by Gasteiger charge is -2.22. The van der Waals surface area contributed by atoms with Crippen LogP contribution < -0.4 is 0 Å². The van der Waals surface area contributed by atoms with Crippen molar-refractivity contribution in [3.8, 4) is 0 Å². The van der Waals surface area contributed by atoms with E-state index in [1.165, 1.54) is 18.7 Å². The molecule has 1 heterocycles. The van der Waals surface area contributed by atoms with Crippen molar-refractivity contribution in [3.05, 3.63) is 35.4 Å². The van der Waals surface area contributed by atoms with Crippen molar-refractivity contribution in [2.24, 2.45) is 5.92 Å². The molecule has 0 spiro atoms. The zero-order valence-electron chi connectivity index (χ0n) is 16.4. The van der Waals surface area contributed by atoms with E-state index in [-0.39, 0.29) is 17.9 Å². The Hall–Kier alpha value is -1.37. The maximum atomic E-state index is 12.4. The average molecular weight is 382 g/mol. The SMILES string of the molecule is CC.CC(C)(O)O.CSCC1CCC(N2C(=O)c3ccccc3C2=O)C1. The molecule has 1 aliphatic heterocycles. The third kappa shape index (κ3) is 6.11. The van der Waals surface area contributed by atoms with E-state index < -0.39 is 5.79 Å². The predicted molar refractivity (Wildman–Crippen MR) is 106 cm³/mol. The molecule has 5 nitrogen and oxygen atoms in total. The van der Waals surface area contributed by atoms with E-state index in [0.29, 0.717) is 17.0 Å². The van der Waals surface area contributed by atoms with Crippen LogP contribution in [0.15, 0.2) is 24.3 Å². The number of hydrogen-bond donors (Lipinski definition) is 2. The van der Waals surface area contributed by atoms with Crippen molar-refractivity contribution < 1.29 is 19.8 Å². The van der Waals surface area contributed by atoms with E-state index in [1.807, 2.05) is 37.7 Å². The van der Waals surface area contributed by atoms with Gasteiger partial charge in [0, 0.05) is 6.04 Å². The van der Waals surface area contributed by atoms with Crippen LogP contribution in [-0.4, -0.2) is 50.8 Å². The summed E-state index contributed by atoms with van der Waals surface area (Å²) in [5.74, 6) is 0.0646. The number of aliphatic hydroxyl groups is 2. The van der Waals surface area contributed by atoms with Gasteiger partial charge in [-0.25, -0.2) is 0 Å². The van der Waals surface area contributed by atoms with Gasteiger partial charge in [-0.05, 0) is 63.2 Å². The van der Waals surface area contributed by atoms with Gasteiger partial charge in [-0.3, -0.25) is 14.5 Å². The number of carbonyl (C=O) groups excluding carboxylic acids is 2. The first-order chi connectivity index (χ1) is 12.2. The van der Waals surface area contributed by atoms with Crippen molar-refractivity contribution in [3.63, 3.8) is 0 Å². The summed E-state index contributed by atoms with van der Waals surface area (Å²) in [6, 6.07) is 7.25. The first kappa shape index (κ1) is 22.7. The number of fused-ring (bicyclic) bond motifs is 1. The van der Waals surface area contributed by atoms with E-state index in [4.69, 9.17) is 10.2 Å². The van der Waals surface area contributed by atoms with Crippen molar-refractivity contribution in [2.45, 2.75) is 58.8 Å². The van der Waals surface area contributed by atoms with Crippen LogP contribution in [0.1, 0.15) is 67.7 Å². The summed E-state index contributed by atoms with van der Waals surface area (Å²) in [5, 5.41) is 16.2. The summed E-state index contributed by atoms with van der Waals surface area (Å²) in [6.07, 6.45) is 5.15. The zero-order chi connectivity index (χ0) is 19.9. The monoisotopic (exact) mass is 381 g/mol. The number of carbonyl (C=O) groups is 2. The van der Waals surface area contributed by atoms with Crippen LogP contribution in [0.5, 0.6) is 0 Å². The molecule has 2 N–H and O–H groups in total. The number of imide groups is 1. The second kappa shape index (κ2) is 10.1. The van der Waals surface area contributed by atoms with Gasteiger partial charge in [-0.2, -0.15) is 11.8 Å². The van der Waals surface area contributed by atoms with Crippen LogP contribution in [0.4, 0.5) is 0 Å². The number of nitrogens with zero attached hydrogens (tertiary/aromatic N) is 1. The largest absolute Gasteiger partial charge is 0.366 e. The molecule has 146 valence electrons. The average Bonchev–Trinajstić information content (AvgIpc) is 3.12. The minimum Gasteiger partial charge on any atom is -0.366 e. The van der Waals surface area contributed by atoms with Crippen LogP contribution in [-0.2, 0) is 0 Å².